The summed E-state index contributed by atoms with van der Waals surface area (Å²) >= 11 is 0. The van der Waals surface area contributed by atoms with E-state index in [4.69, 9.17) is 0 Å². The normalized spacial score (nSPS) is 19.8. The van der Waals surface area contributed by atoms with Gasteiger partial charge in [-0.05, 0) is 35.4 Å². The van der Waals surface area contributed by atoms with Crippen LogP contribution in [0.2, 0.25) is 0 Å². The molecule has 2 aromatic rings. The smallest absolute Gasteiger partial charge is 0.324 e. The summed E-state index contributed by atoms with van der Waals surface area (Å²) in [6.07, 6.45) is -4.44. The van der Waals surface area contributed by atoms with Crippen LogP contribution in [0, 0.1) is 0 Å². The maximum Gasteiger partial charge on any atom is 0.416 e. The first kappa shape index (κ1) is 17.5. The summed E-state index contributed by atoms with van der Waals surface area (Å²) in [6, 6.07) is 9.05. The molecule has 5 nitrogen and oxygen atoms in total. The minimum Gasteiger partial charge on any atom is -0.324 e. The van der Waals surface area contributed by atoms with Crippen molar-refractivity contribution in [3.05, 3.63) is 53.6 Å². The van der Waals surface area contributed by atoms with E-state index in [1.807, 2.05) is 0 Å². The molecule has 0 bridgehead atoms. The number of nitrogens with one attached hydrogen (secondary N) is 2. The molecule has 8 heteroatoms. The molecule has 4 rings (SSSR count). The van der Waals surface area contributed by atoms with Gasteiger partial charge >= 0.3 is 6.18 Å². The third-order valence-corrected chi connectivity index (χ3v) is 4.84. The van der Waals surface area contributed by atoms with Crippen molar-refractivity contribution in [1.29, 1.82) is 0 Å². The standard InChI is InChI=1S/C19H16F3N3O2/c20-19(21,22)13-3-1-2-11(8-13)12-4-5-15-14(9-12)18(27)25-7-6-23-10-16(25)17(26)24-15/h1-5,8-9,16,23H,6-7,10H2,(H,24,26). The molecule has 1 saturated heterocycles. The van der Waals surface area contributed by atoms with Crippen molar-refractivity contribution in [2.24, 2.45) is 0 Å². The zero-order valence-electron chi connectivity index (χ0n) is 14.1. The van der Waals surface area contributed by atoms with Gasteiger partial charge in [-0.3, -0.25) is 9.59 Å². The molecule has 0 spiro atoms. The van der Waals surface area contributed by atoms with Gasteiger partial charge in [-0.15, -0.1) is 0 Å². The number of halogens is 3. The Kier molecular flexibility index (Phi) is 4.15. The highest BCUT2D eigenvalue weighted by molar-refractivity contribution is 6.10. The van der Waals surface area contributed by atoms with Gasteiger partial charge in [0.1, 0.15) is 6.04 Å². The maximum absolute atomic E-state index is 13.0. The minimum absolute atomic E-state index is 0.277. The number of amides is 2. The van der Waals surface area contributed by atoms with E-state index in [-0.39, 0.29) is 17.4 Å². The third kappa shape index (κ3) is 3.16. The molecule has 1 unspecified atom stereocenters. The Balaban J connectivity index is 1.76. The molecule has 27 heavy (non-hydrogen) atoms. The quantitative estimate of drug-likeness (QED) is 0.806. The Bertz CT molecular complexity index is 927. The number of anilines is 1. The second-order valence-corrected chi connectivity index (χ2v) is 6.55. The van der Waals surface area contributed by atoms with Gasteiger partial charge in [0, 0.05) is 19.6 Å². The van der Waals surface area contributed by atoms with Crippen molar-refractivity contribution in [2.75, 3.05) is 25.0 Å². The molecule has 2 aromatic carbocycles. The second kappa shape index (κ2) is 6.38. The second-order valence-electron chi connectivity index (χ2n) is 6.55. The Morgan fingerprint density at radius 2 is 1.81 bits per heavy atom. The lowest BCUT2D eigenvalue weighted by Gasteiger charge is -2.33. The van der Waals surface area contributed by atoms with Crippen LogP contribution in [-0.2, 0) is 11.0 Å². The number of benzene rings is 2. The first-order valence-corrected chi connectivity index (χ1v) is 8.49. The Morgan fingerprint density at radius 1 is 1.04 bits per heavy atom. The molecular formula is C19H16F3N3O2. The van der Waals surface area contributed by atoms with E-state index >= 15 is 0 Å². The van der Waals surface area contributed by atoms with Crippen molar-refractivity contribution >= 4 is 17.5 Å². The van der Waals surface area contributed by atoms with Crippen LogP contribution in [0.4, 0.5) is 18.9 Å². The molecule has 2 heterocycles. The third-order valence-electron chi connectivity index (χ3n) is 4.84. The molecule has 0 saturated carbocycles. The van der Waals surface area contributed by atoms with Crippen LogP contribution >= 0.6 is 0 Å². The summed E-state index contributed by atoms with van der Waals surface area (Å²) in [7, 11) is 0. The lowest BCUT2D eigenvalue weighted by atomic mass is 9.99. The van der Waals surface area contributed by atoms with Gasteiger partial charge in [0.25, 0.3) is 5.91 Å². The zero-order chi connectivity index (χ0) is 19.2. The van der Waals surface area contributed by atoms with Crippen LogP contribution in [0.15, 0.2) is 42.5 Å². The molecule has 2 amide bonds. The molecule has 1 atom stereocenters. The number of nitrogens with zero attached hydrogens (tertiary/aromatic N) is 1. The van der Waals surface area contributed by atoms with Gasteiger partial charge in [0.05, 0.1) is 16.8 Å². The number of fused-ring (bicyclic) bond motifs is 2. The molecule has 0 radical (unpaired) electrons. The highest BCUT2D eigenvalue weighted by atomic mass is 19.4. The number of hydrogen-bond acceptors (Lipinski definition) is 3. The Hall–Kier alpha value is -2.87. The van der Waals surface area contributed by atoms with Crippen LogP contribution < -0.4 is 10.6 Å². The summed E-state index contributed by atoms with van der Waals surface area (Å²) in [5, 5.41) is 5.83. The zero-order valence-corrected chi connectivity index (χ0v) is 14.1. The lowest BCUT2D eigenvalue weighted by Crippen LogP contribution is -2.57. The molecular weight excluding hydrogens is 359 g/mol. The van der Waals surface area contributed by atoms with E-state index in [1.54, 1.807) is 18.2 Å². The first-order chi connectivity index (χ1) is 12.8. The van der Waals surface area contributed by atoms with Gasteiger partial charge in [0.15, 0.2) is 0 Å². The van der Waals surface area contributed by atoms with Gasteiger partial charge in [-0.2, -0.15) is 13.2 Å². The van der Waals surface area contributed by atoms with Gasteiger partial charge in [-0.1, -0.05) is 18.2 Å². The first-order valence-electron chi connectivity index (χ1n) is 8.49. The molecule has 0 aliphatic carbocycles. The van der Waals surface area contributed by atoms with E-state index in [2.05, 4.69) is 10.6 Å². The summed E-state index contributed by atoms with van der Waals surface area (Å²) in [5.74, 6) is -0.579. The number of piperazine rings is 1. The number of alkyl halides is 3. The molecule has 140 valence electrons. The predicted octanol–water partition coefficient (Wildman–Crippen LogP) is 2.74. The average molecular weight is 375 g/mol. The average Bonchev–Trinajstić information content (AvgIpc) is 2.76. The number of hydrogen-bond donors (Lipinski definition) is 2. The SMILES string of the molecule is O=C1Nc2ccc(-c3cccc(C(F)(F)F)c3)cc2C(=O)N2CCNCC12. The van der Waals surface area contributed by atoms with Gasteiger partial charge in [0.2, 0.25) is 5.91 Å². The van der Waals surface area contributed by atoms with E-state index in [0.29, 0.717) is 36.4 Å². The van der Waals surface area contributed by atoms with Crippen molar-refractivity contribution in [3.63, 3.8) is 0 Å². The van der Waals surface area contributed by atoms with Crippen LogP contribution in [0.25, 0.3) is 11.1 Å². The number of rotatable bonds is 1. The van der Waals surface area contributed by atoms with Crippen molar-refractivity contribution in [3.8, 4) is 11.1 Å². The number of carbonyl (C=O) groups is 2. The lowest BCUT2D eigenvalue weighted by molar-refractivity contribution is -0.137. The van der Waals surface area contributed by atoms with E-state index < -0.39 is 17.8 Å². The maximum atomic E-state index is 13.0. The highest BCUT2D eigenvalue weighted by Crippen LogP contribution is 2.34. The van der Waals surface area contributed by atoms with E-state index in [9.17, 15) is 22.8 Å². The fraction of sp³-hybridized carbons (Fsp3) is 0.263. The Labute approximate surface area is 153 Å². The molecule has 1 fully saturated rings. The number of carbonyl (C=O) groups excluding carboxylic acids is 2. The van der Waals surface area contributed by atoms with Gasteiger partial charge < -0.3 is 15.5 Å². The van der Waals surface area contributed by atoms with Crippen molar-refractivity contribution in [1.82, 2.24) is 10.2 Å². The predicted molar refractivity (Wildman–Crippen MR) is 93.2 cm³/mol. The van der Waals surface area contributed by atoms with Crippen LogP contribution in [-0.4, -0.2) is 42.4 Å². The fourth-order valence-electron chi connectivity index (χ4n) is 3.44. The summed E-state index contributed by atoms with van der Waals surface area (Å²) < 4.78 is 39.0. The van der Waals surface area contributed by atoms with Gasteiger partial charge in [-0.25, -0.2) is 0 Å². The van der Waals surface area contributed by atoms with Crippen LogP contribution in [0.5, 0.6) is 0 Å². The summed E-state index contributed by atoms with van der Waals surface area (Å²) in [4.78, 5) is 26.9. The minimum atomic E-state index is -4.44. The largest absolute Gasteiger partial charge is 0.416 e. The topological polar surface area (TPSA) is 61.4 Å². The van der Waals surface area contributed by atoms with Crippen LogP contribution in [0.1, 0.15) is 15.9 Å². The van der Waals surface area contributed by atoms with Crippen molar-refractivity contribution in [2.45, 2.75) is 12.2 Å². The van der Waals surface area contributed by atoms with Crippen molar-refractivity contribution < 1.29 is 22.8 Å². The van der Waals surface area contributed by atoms with E-state index in [1.165, 1.54) is 17.0 Å². The molecule has 0 aromatic heterocycles. The molecule has 2 aliphatic heterocycles. The molecule has 2 aliphatic rings. The molecule has 2 N–H and O–H groups in total. The van der Waals surface area contributed by atoms with E-state index in [0.717, 1.165) is 12.1 Å². The van der Waals surface area contributed by atoms with Crippen LogP contribution in [0.3, 0.4) is 0 Å². The summed E-state index contributed by atoms with van der Waals surface area (Å²) in [6.45, 7) is 1.34. The summed E-state index contributed by atoms with van der Waals surface area (Å²) in [5.41, 5.74) is 0.735. The highest BCUT2D eigenvalue weighted by Gasteiger charge is 2.37. The Morgan fingerprint density at radius 3 is 2.59 bits per heavy atom. The fourth-order valence-corrected chi connectivity index (χ4v) is 3.44. The monoisotopic (exact) mass is 375 g/mol.